The average molecular weight is 249 g/mol. The van der Waals surface area contributed by atoms with Crippen LogP contribution in [0.4, 0.5) is 0 Å². The van der Waals surface area contributed by atoms with Gasteiger partial charge in [0.25, 0.3) is 0 Å². The first kappa shape index (κ1) is 13.4. The topological polar surface area (TPSA) is 30.5 Å². The molecule has 0 radical (unpaired) electrons. The van der Waals surface area contributed by atoms with Crippen molar-refractivity contribution in [1.29, 1.82) is 0 Å². The summed E-state index contributed by atoms with van der Waals surface area (Å²) in [6.45, 7) is 4.67. The van der Waals surface area contributed by atoms with Gasteiger partial charge >= 0.3 is 0 Å². The van der Waals surface area contributed by atoms with Crippen LogP contribution in [0.5, 0.6) is 5.75 Å². The maximum absolute atomic E-state index is 5.86. The standard InChI is InChI=1S/C15H23NO2/c1-3-15(16-2)13-5-4-6-14(9-13)18-11-12-7-8-17-10-12/h4-6,9,12,15-16H,3,7-8,10-11H2,1-2H3. The van der Waals surface area contributed by atoms with Crippen LogP contribution in [-0.4, -0.2) is 26.9 Å². The van der Waals surface area contributed by atoms with Gasteiger partial charge in [-0.05, 0) is 37.6 Å². The van der Waals surface area contributed by atoms with Crippen LogP contribution in [0.25, 0.3) is 0 Å². The molecular formula is C15H23NO2. The first-order chi connectivity index (χ1) is 8.83. The number of nitrogens with one attached hydrogen (secondary N) is 1. The minimum atomic E-state index is 0.406. The smallest absolute Gasteiger partial charge is 0.119 e. The second-order valence-electron chi connectivity index (χ2n) is 4.86. The summed E-state index contributed by atoms with van der Waals surface area (Å²) < 4.78 is 11.2. The van der Waals surface area contributed by atoms with E-state index in [9.17, 15) is 0 Å². The maximum atomic E-state index is 5.86. The summed E-state index contributed by atoms with van der Waals surface area (Å²) in [5.74, 6) is 1.52. The fourth-order valence-electron chi connectivity index (χ4n) is 2.36. The molecule has 1 heterocycles. The number of ether oxygens (including phenoxy) is 2. The first-order valence-corrected chi connectivity index (χ1v) is 6.81. The maximum Gasteiger partial charge on any atom is 0.119 e. The van der Waals surface area contributed by atoms with Crippen molar-refractivity contribution in [1.82, 2.24) is 5.32 Å². The van der Waals surface area contributed by atoms with Crippen molar-refractivity contribution in [2.24, 2.45) is 5.92 Å². The van der Waals surface area contributed by atoms with Crippen LogP contribution in [0.2, 0.25) is 0 Å². The van der Waals surface area contributed by atoms with Gasteiger partial charge in [0.15, 0.2) is 0 Å². The summed E-state index contributed by atoms with van der Waals surface area (Å²) in [6, 6.07) is 8.79. The second kappa shape index (κ2) is 6.76. The van der Waals surface area contributed by atoms with E-state index in [-0.39, 0.29) is 0 Å². The normalized spacial score (nSPS) is 20.9. The van der Waals surface area contributed by atoms with Crippen LogP contribution in [0.1, 0.15) is 31.4 Å². The zero-order chi connectivity index (χ0) is 12.8. The lowest BCUT2D eigenvalue weighted by molar-refractivity contribution is 0.167. The lowest BCUT2D eigenvalue weighted by atomic mass is 10.0. The number of rotatable bonds is 6. The van der Waals surface area contributed by atoms with Crippen molar-refractivity contribution >= 4 is 0 Å². The molecule has 1 fully saturated rings. The molecule has 18 heavy (non-hydrogen) atoms. The Bertz CT molecular complexity index is 357. The Morgan fingerprint density at radius 1 is 1.50 bits per heavy atom. The van der Waals surface area contributed by atoms with Crippen molar-refractivity contribution in [3.05, 3.63) is 29.8 Å². The van der Waals surface area contributed by atoms with E-state index in [1.807, 2.05) is 13.1 Å². The van der Waals surface area contributed by atoms with E-state index in [4.69, 9.17) is 9.47 Å². The van der Waals surface area contributed by atoms with Crippen LogP contribution in [0.15, 0.2) is 24.3 Å². The van der Waals surface area contributed by atoms with E-state index in [1.165, 1.54) is 5.56 Å². The predicted octanol–water partition coefficient (Wildman–Crippen LogP) is 2.77. The molecule has 3 heteroatoms. The SMILES string of the molecule is CCC(NC)c1cccc(OCC2CCOC2)c1. The Labute approximate surface area is 109 Å². The van der Waals surface area contributed by atoms with Crippen LogP contribution in [0.3, 0.4) is 0 Å². The highest BCUT2D eigenvalue weighted by molar-refractivity contribution is 5.30. The zero-order valence-electron chi connectivity index (χ0n) is 11.3. The highest BCUT2D eigenvalue weighted by atomic mass is 16.5. The van der Waals surface area contributed by atoms with Gasteiger partial charge in [-0.3, -0.25) is 0 Å². The quantitative estimate of drug-likeness (QED) is 0.841. The molecule has 1 aromatic carbocycles. The van der Waals surface area contributed by atoms with E-state index in [0.29, 0.717) is 12.0 Å². The Hall–Kier alpha value is -1.06. The van der Waals surface area contributed by atoms with E-state index in [0.717, 1.165) is 38.4 Å². The van der Waals surface area contributed by atoms with E-state index in [1.54, 1.807) is 0 Å². The Morgan fingerprint density at radius 3 is 3.06 bits per heavy atom. The van der Waals surface area contributed by atoms with Gasteiger partial charge in [0.2, 0.25) is 0 Å². The zero-order valence-corrected chi connectivity index (χ0v) is 11.3. The molecular weight excluding hydrogens is 226 g/mol. The summed E-state index contributed by atoms with van der Waals surface area (Å²) in [6.07, 6.45) is 2.20. The van der Waals surface area contributed by atoms with Gasteiger partial charge in [0.05, 0.1) is 13.2 Å². The van der Waals surface area contributed by atoms with Crippen molar-refractivity contribution in [2.75, 3.05) is 26.9 Å². The van der Waals surface area contributed by atoms with Crippen LogP contribution >= 0.6 is 0 Å². The van der Waals surface area contributed by atoms with Crippen molar-refractivity contribution in [2.45, 2.75) is 25.8 Å². The molecule has 0 amide bonds. The Morgan fingerprint density at radius 2 is 2.39 bits per heavy atom. The van der Waals surface area contributed by atoms with E-state index < -0.39 is 0 Å². The van der Waals surface area contributed by atoms with Gasteiger partial charge in [-0.1, -0.05) is 19.1 Å². The molecule has 2 atom stereocenters. The lowest BCUT2D eigenvalue weighted by Crippen LogP contribution is -2.15. The molecule has 2 unspecified atom stereocenters. The molecule has 2 rings (SSSR count). The molecule has 1 saturated heterocycles. The largest absolute Gasteiger partial charge is 0.493 e. The van der Waals surface area contributed by atoms with E-state index in [2.05, 4.69) is 30.4 Å². The van der Waals surface area contributed by atoms with Crippen molar-refractivity contribution < 1.29 is 9.47 Å². The molecule has 0 aliphatic carbocycles. The summed E-state index contributed by atoms with van der Waals surface area (Å²) in [4.78, 5) is 0. The Kier molecular flexibility index (Phi) is 5.02. The number of benzene rings is 1. The molecule has 0 saturated carbocycles. The van der Waals surface area contributed by atoms with Gasteiger partial charge in [-0.25, -0.2) is 0 Å². The molecule has 1 N–H and O–H groups in total. The third-order valence-electron chi connectivity index (χ3n) is 3.53. The third kappa shape index (κ3) is 3.47. The van der Waals surface area contributed by atoms with Crippen molar-refractivity contribution in [3.8, 4) is 5.75 Å². The van der Waals surface area contributed by atoms with Gasteiger partial charge < -0.3 is 14.8 Å². The number of hydrogen-bond donors (Lipinski definition) is 1. The molecule has 0 bridgehead atoms. The van der Waals surface area contributed by atoms with E-state index >= 15 is 0 Å². The monoisotopic (exact) mass is 249 g/mol. The average Bonchev–Trinajstić information content (AvgIpc) is 2.92. The van der Waals surface area contributed by atoms with Crippen LogP contribution in [0, 0.1) is 5.92 Å². The predicted molar refractivity (Wildman–Crippen MR) is 73.0 cm³/mol. The summed E-state index contributed by atoms with van der Waals surface area (Å²) in [7, 11) is 2.00. The first-order valence-electron chi connectivity index (χ1n) is 6.81. The minimum absolute atomic E-state index is 0.406. The summed E-state index contributed by atoms with van der Waals surface area (Å²) in [5.41, 5.74) is 1.29. The van der Waals surface area contributed by atoms with Gasteiger partial charge in [0, 0.05) is 18.6 Å². The molecule has 1 aliphatic heterocycles. The molecule has 3 nitrogen and oxygen atoms in total. The molecule has 0 aromatic heterocycles. The second-order valence-corrected chi connectivity index (χ2v) is 4.86. The van der Waals surface area contributed by atoms with Crippen LogP contribution < -0.4 is 10.1 Å². The Balaban J connectivity index is 1.93. The molecule has 1 aromatic rings. The highest BCUT2D eigenvalue weighted by Gasteiger charge is 2.16. The van der Waals surface area contributed by atoms with Crippen molar-refractivity contribution in [3.63, 3.8) is 0 Å². The fraction of sp³-hybridized carbons (Fsp3) is 0.600. The third-order valence-corrected chi connectivity index (χ3v) is 3.53. The van der Waals surface area contributed by atoms with Crippen LogP contribution in [-0.2, 0) is 4.74 Å². The molecule has 1 aliphatic rings. The van der Waals surface area contributed by atoms with Gasteiger partial charge in [-0.2, -0.15) is 0 Å². The van der Waals surface area contributed by atoms with Gasteiger partial charge in [-0.15, -0.1) is 0 Å². The minimum Gasteiger partial charge on any atom is -0.493 e. The summed E-state index contributed by atoms with van der Waals surface area (Å²) >= 11 is 0. The number of hydrogen-bond acceptors (Lipinski definition) is 3. The fourth-order valence-corrected chi connectivity index (χ4v) is 2.36. The molecule has 100 valence electrons. The molecule has 0 spiro atoms. The summed E-state index contributed by atoms with van der Waals surface area (Å²) in [5, 5.41) is 3.32. The lowest BCUT2D eigenvalue weighted by Gasteiger charge is -2.16. The highest BCUT2D eigenvalue weighted by Crippen LogP contribution is 2.22. The van der Waals surface area contributed by atoms with Gasteiger partial charge in [0.1, 0.15) is 5.75 Å².